The van der Waals surface area contributed by atoms with E-state index in [4.69, 9.17) is 9.47 Å². The third-order valence-corrected chi connectivity index (χ3v) is 6.30. The lowest BCUT2D eigenvalue weighted by Gasteiger charge is -2.31. The lowest BCUT2D eigenvalue weighted by atomic mass is 10.1. The smallest absolute Gasteiger partial charge is 0.230 e. The second-order valence-electron chi connectivity index (χ2n) is 8.00. The summed E-state index contributed by atoms with van der Waals surface area (Å²) in [5.74, 6) is 1.10. The molecule has 31 heavy (non-hydrogen) atoms. The zero-order valence-corrected chi connectivity index (χ0v) is 19.4. The second kappa shape index (κ2) is 12.1. The molecule has 2 heterocycles. The molecule has 170 valence electrons. The molecule has 2 aromatic rings. The van der Waals surface area contributed by atoms with Gasteiger partial charge in [0.2, 0.25) is 5.91 Å². The van der Waals surface area contributed by atoms with Crippen LogP contribution < -0.4 is 10.1 Å². The van der Waals surface area contributed by atoms with Gasteiger partial charge in [0.25, 0.3) is 0 Å². The molecule has 1 aromatic heterocycles. The monoisotopic (exact) mass is 447 g/mol. The molecule has 0 saturated carbocycles. The van der Waals surface area contributed by atoms with Gasteiger partial charge in [-0.05, 0) is 51.4 Å². The van der Waals surface area contributed by atoms with Crippen LogP contribution >= 0.6 is 11.8 Å². The van der Waals surface area contributed by atoms with E-state index in [9.17, 15) is 4.79 Å². The number of benzene rings is 1. The Balaban J connectivity index is 1.38. The zero-order valence-electron chi connectivity index (χ0n) is 18.6. The molecule has 0 aliphatic carbocycles. The summed E-state index contributed by atoms with van der Waals surface area (Å²) >= 11 is 1.39. The van der Waals surface area contributed by atoms with Crippen LogP contribution in [0.2, 0.25) is 0 Å². The second-order valence-corrected chi connectivity index (χ2v) is 8.94. The number of aromatic nitrogens is 3. The molecular weight excluding hydrogens is 414 g/mol. The lowest BCUT2D eigenvalue weighted by molar-refractivity contribution is -0.118. The van der Waals surface area contributed by atoms with Crippen molar-refractivity contribution in [1.29, 1.82) is 0 Å². The van der Waals surface area contributed by atoms with Gasteiger partial charge >= 0.3 is 0 Å². The van der Waals surface area contributed by atoms with E-state index < -0.39 is 0 Å². The first-order valence-corrected chi connectivity index (χ1v) is 11.8. The molecular formula is C22H33N5O3S. The number of ether oxygens (including phenoxy) is 2. The number of nitrogens with one attached hydrogen (secondary N) is 1. The Morgan fingerprint density at radius 1 is 1.39 bits per heavy atom. The van der Waals surface area contributed by atoms with Crippen molar-refractivity contribution in [1.82, 2.24) is 25.0 Å². The highest BCUT2D eigenvalue weighted by molar-refractivity contribution is 7.99. The van der Waals surface area contributed by atoms with Gasteiger partial charge in [0.15, 0.2) is 5.16 Å². The molecule has 1 N–H and O–H groups in total. The number of thioether (sulfide) groups is 1. The van der Waals surface area contributed by atoms with Gasteiger partial charge < -0.3 is 19.4 Å². The molecule has 0 atom stereocenters. The van der Waals surface area contributed by atoms with Crippen LogP contribution in [0.1, 0.15) is 38.3 Å². The molecule has 1 fully saturated rings. The Bertz CT molecular complexity index is 823. The lowest BCUT2D eigenvalue weighted by Crippen LogP contribution is -2.38. The van der Waals surface area contributed by atoms with Crippen LogP contribution in [0.25, 0.3) is 0 Å². The SMILES string of the molecule is CC(C)n1cnnc1SCC(=O)NCc1cccc(OCCN(C)C2CCOCC2)c1. The largest absolute Gasteiger partial charge is 0.492 e. The van der Waals surface area contributed by atoms with E-state index in [-0.39, 0.29) is 11.9 Å². The van der Waals surface area contributed by atoms with E-state index in [2.05, 4.69) is 41.3 Å². The average Bonchev–Trinajstić information content (AvgIpc) is 3.26. The predicted octanol–water partition coefficient (Wildman–Crippen LogP) is 2.76. The Kier molecular flexibility index (Phi) is 9.17. The molecule has 0 spiro atoms. The Hall–Kier alpha value is -2.10. The van der Waals surface area contributed by atoms with Crippen molar-refractivity contribution in [2.24, 2.45) is 0 Å². The van der Waals surface area contributed by atoms with Crippen molar-refractivity contribution in [3.63, 3.8) is 0 Å². The standard InChI is InChI=1S/C22H33N5O3S/c1-17(2)27-16-24-25-22(27)31-15-21(28)23-14-18-5-4-6-20(13-18)30-12-9-26(3)19-7-10-29-11-8-19/h4-6,13,16-17,19H,7-12,14-15H2,1-3H3,(H,23,28). The van der Waals surface area contributed by atoms with E-state index in [1.807, 2.05) is 28.8 Å². The number of nitrogens with zero attached hydrogens (tertiary/aromatic N) is 4. The van der Waals surface area contributed by atoms with E-state index in [1.54, 1.807) is 6.33 Å². The van der Waals surface area contributed by atoms with Gasteiger partial charge in [-0.3, -0.25) is 9.69 Å². The fraction of sp³-hybridized carbons (Fsp3) is 0.591. The fourth-order valence-electron chi connectivity index (χ4n) is 3.43. The summed E-state index contributed by atoms with van der Waals surface area (Å²) in [7, 11) is 2.15. The van der Waals surface area contributed by atoms with E-state index in [0.29, 0.717) is 24.9 Å². The van der Waals surface area contributed by atoms with Gasteiger partial charge in [0.05, 0.1) is 5.75 Å². The molecule has 1 aliphatic heterocycles. The fourth-order valence-corrected chi connectivity index (χ4v) is 4.31. The van der Waals surface area contributed by atoms with Crippen LogP contribution in [0, 0.1) is 0 Å². The predicted molar refractivity (Wildman–Crippen MR) is 121 cm³/mol. The first-order valence-electron chi connectivity index (χ1n) is 10.8. The van der Waals surface area contributed by atoms with Gasteiger partial charge in [-0.15, -0.1) is 10.2 Å². The molecule has 9 heteroatoms. The maximum atomic E-state index is 12.2. The highest BCUT2D eigenvalue weighted by Crippen LogP contribution is 2.19. The van der Waals surface area contributed by atoms with Crippen LogP contribution in [0.3, 0.4) is 0 Å². The van der Waals surface area contributed by atoms with Gasteiger partial charge in [-0.1, -0.05) is 23.9 Å². The topological polar surface area (TPSA) is 81.5 Å². The van der Waals surface area contributed by atoms with Crippen molar-refractivity contribution in [2.75, 3.05) is 39.2 Å². The van der Waals surface area contributed by atoms with Gasteiger partial charge in [-0.2, -0.15) is 0 Å². The highest BCUT2D eigenvalue weighted by atomic mass is 32.2. The summed E-state index contributed by atoms with van der Waals surface area (Å²) in [6.45, 7) is 7.80. The molecule has 0 bridgehead atoms. The summed E-state index contributed by atoms with van der Waals surface area (Å²) in [4.78, 5) is 14.6. The van der Waals surface area contributed by atoms with Crippen molar-refractivity contribution in [3.8, 4) is 5.75 Å². The highest BCUT2D eigenvalue weighted by Gasteiger charge is 2.18. The number of amides is 1. The molecule has 0 radical (unpaired) electrons. The van der Waals surface area contributed by atoms with E-state index in [0.717, 1.165) is 49.1 Å². The summed E-state index contributed by atoms with van der Waals surface area (Å²) < 4.78 is 13.3. The third-order valence-electron chi connectivity index (χ3n) is 5.34. The molecule has 1 aromatic carbocycles. The minimum atomic E-state index is -0.0345. The van der Waals surface area contributed by atoms with Gasteiger partial charge in [0.1, 0.15) is 18.7 Å². The Labute approximate surface area is 188 Å². The van der Waals surface area contributed by atoms with Crippen molar-refractivity contribution in [2.45, 2.75) is 50.5 Å². The number of likely N-dealkylation sites (N-methyl/N-ethyl adjacent to an activating group) is 1. The van der Waals surface area contributed by atoms with Crippen LogP contribution in [-0.4, -0.2) is 70.8 Å². The van der Waals surface area contributed by atoms with Crippen LogP contribution in [0.4, 0.5) is 0 Å². The Morgan fingerprint density at radius 3 is 2.97 bits per heavy atom. The van der Waals surface area contributed by atoms with Crippen LogP contribution in [-0.2, 0) is 16.1 Å². The minimum Gasteiger partial charge on any atom is -0.492 e. The summed E-state index contributed by atoms with van der Waals surface area (Å²) in [5.41, 5.74) is 1.01. The first-order chi connectivity index (χ1) is 15.0. The number of hydrogen-bond donors (Lipinski definition) is 1. The molecule has 1 amide bonds. The van der Waals surface area contributed by atoms with Crippen molar-refractivity contribution < 1.29 is 14.3 Å². The maximum absolute atomic E-state index is 12.2. The van der Waals surface area contributed by atoms with Crippen molar-refractivity contribution in [3.05, 3.63) is 36.2 Å². The normalized spacial score (nSPS) is 14.9. The molecule has 1 saturated heterocycles. The van der Waals surface area contributed by atoms with E-state index >= 15 is 0 Å². The molecule has 1 aliphatic rings. The average molecular weight is 448 g/mol. The quantitative estimate of drug-likeness (QED) is 0.531. The summed E-state index contributed by atoms with van der Waals surface area (Å²) in [6.07, 6.45) is 3.86. The zero-order chi connectivity index (χ0) is 22.1. The first kappa shape index (κ1) is 23.6. The van der Waals surface area contributed by atoms with Gasteiger partial charge in [0, 0.05) is 38.4 Å². The third kappa shape index (κ3) is 7.52. The van der Waals surface area contributed by atoms with Crippen LogP contribution in [0.5, 0.6) is 5.75 Å². The van der Waals surface area contributed by atoms with Crippen molar-refractivity contribution >= 4 is 17.7 Å². The molecule has 8 nitrogen and oxygen atoms in total. The maximum Gasteiger partial charge on any atom is 0.230 e. The number of rotatable bonds is 11. The summed E-state index contributed by atoms with van der Waals surface area (Å²) in [6, 6.07) is 8.72. The van der Waals surface area contributed by atoms with Gasteiger partial charge in [-0.25, -0.2) is 0 Å². The minimum absolute atomic E-state index is 0.0345. The van der Waals surface area contributed by atoms with E-state index in [1.165, 1.54) is 11.8 Å². The summed E-state index contributed by atoms with van der Waals surface area (Å²) in [5, 5.41) is 11.7. The Morgan fingerprint density at radius 2 is 2.19 bits per heavy atom. The number of hydrogen-bond acceptors (Lipinski definition) is 7. The molecule has 3 rings (SSSR count). The van der Waals surface area contributed by atoms with Crippen LogP contribution in [0.15, 0.2) is 35.7 Å². The number of carbonyl (C=O) groups excluding carboxylic acids is 1. The number of carbonyl (C=O) groups is 1. The molecule has 0 unspecified atom stereocenters.